The van der Waals surface area contributed by atoms with E-state index < -0.39 is 0 Å². The summed E-state index contributed by atoms with van der Waals surface area (Å²) in [6, 6.07) is 8.86. The van der Waals surface area contributed by atoms with E-state index >= 15 is 0 Å². The van der Waals surface area contributed by atoms with E-state index in [0.29, 0.717) is 22.1 Å². The molecule has 3 N–H and O–H groups in total. The maximum atomic E-state index is 12.2. The molecule has 0 saturated carbocycles. The molecule has 0 aliphatic rings. The van der Waals surface area contributed by atoms with Gasteiger partial charge in [-0.2, -0.15) is 0 Å². The number of hydrogen-bond acceptors (Lipinski definition) is 2. The number of rotatable bonds is 3. The molecule has 0 aliphatic carbocycles. The standard InChI is InChI=1S/C14H16ClN3O/c1-9(2)18-8-11(16)7-13(18)14(19)17-12-5-3-4-10(15)6-12/h3-9H,16H2,1-2H3,(H,17,19). The minimum absolute atomic E-state index is 0.164. The van der Waals surface area contributed by atoms with Crippen LogP contribution in [0.4, 0.5) is 11.4 Å². The highest BCUT2D eigenvalue weighted by Gasteiger charge is 2.14. The minimum Gasteiger partial charge on any atom is -0.397 e. The summed E-state index contributed by atoms with van der Waals surface area (Å²) in [4.78, 5) is 12.2. The highest BCUT2D eigenvalue weighted by Crippen LogP contribution is 2.19. The molecule has 0 spiro atoms. The molecule has 0 unspecified atom stereocenters. The van der Waals surface area contributed by atoms with Gasteiger partial charge in [0.1, 0.15) is 5.69 Å². The number of amides is 1. The molecule has 100 valence electrons. The lowest BCUT2D eigenvalue weighted by Crippen LogP contribution is -2.17. The molecule has 1 heterocycles. The summed E-state index contributed by atoms with van der Waals surface area (Å²) < 4.78 is 1.84. The summed E-state index contributed by atoms with van der Waals surface area (Å²) in [7, 11) is 0. The molecule has 0 bridgehead atoms. The van der Waals surface area contributed by atoms with Crippen molar-refractivity contribution in [1.29, 1.82) is 0 Å². The van der Waals surface area contributed by atoms with Crippen LogP contribution in [-0.2, 0) is 0 Å². The maximum absolute atomic E-state index is 12.2. The number of hydrogen-bond donors (Lipinski definition) is 2. The van der Waals surface area contributed by atoms with Crippen molar-refractivity contribution in [3.05, 3.63) is 47.2 Å². The summed E-state index contributed by atoms with van der Waals surface area (Å²) in [5, 5.41) is 3.39. The van der Waals surface area contributed by atoms with E-state index in [4.69, 9.17) is 17.3 Å². The Morgan fingerprint density at radius 2 is 2.11 bits per heavy atom. The van der Waals surface area contributed by atoms with Crippen LogP contribution in [0.3, 0.4) is 0 Å². The second-order valence-electron chi connectivity index (χ2n) is 4.62. The number of aromatic nitrogens is 1. The van der Waals surface area contributed by atoms with Crippen molar-refractivity contribution in [1.82, 2.24) is 4.57 Å². The van der Waals surface area contributed by atoms with Gasteiger partial charge in [-0.15, -0.1) is 0 Å². The smallest absolute Gasteiger partial charge is 0.272 e. The van der Waals surface area contributed by atoms with Gasteiger partial charge in [-0.25, -0.2) is 0 Å². The molecule has 0 atom stereocenters. The molecule has 0 saturated heterocycles. The molecule has 1 aromatic heterocycles. The zero-order valence-electron chi connectivity index (χ0n) is 10.9. The fourth-order valence-corrected chi connectivity index (χ4v) is 2.06. The van der Waals surface area contributed by atoms with E-state index in [0.717, 1.165) is 0 Å². The molecular formula is C14H16ClN3O. The van der Waals surface area contributed by atoms with Crippen molar-refractivity contribution in [3.8, 4) is 0 Å². The number of anilines is 2. The van der Waals surface area contributed by atoms with Gasteiger partial charge in [0.2, 0.25) is 0 Å². The first-order valence-electron chi connectivity index (χ1n) is 6.01. The van der Waals surface area contributed by atoms with Crippen LogP contribution in [-0.4, -0.2) is 10.5 Å². The highest BCUT2D eigenvalue weighted by molar-refractivity contribution is 6.30. The van der Waals surface area contributed by atoms with E-state index in [1.807, 2.05) is 18.4 Å². The van der Waals surface area contributed by atoms with Crippen molar-refractivity contribution in [2.24, 2.45) is 0 Å². The fraction of sp³-hybridized carbons (Fsp3) is 0.214. The number of benzene rings is 1. The molecule has 5 heteroatoms. The number of carbonyl (C=O) groups excluding carboxylic acids is 1. The Bertz CT molecular complexity index is 604. The maximum Gasteiger partial charge on any atom is 0.272 e. The van der Waals surface area contributed by atoms with Gasteiger partial charge in [-0.1, -0.05) is 17.7 Å². The monoisotopic (exact) mass is 277 g/mol. The molecule has 4 nitrogen and oxygen atoms in total. The summed E-state index contributed by atoms with van der Waals surface area (Å²) >= 11 is 5.88. The van der Waals surface area contributed by atoms with Crippen LogP contribution < -0.4 is 11.1 Å². The molecule has 0 radical (unpaired) electrons. The zero-order chi connectivity index (χ0) is 14.0. The number of halogens is 1. The Balaban J connectivity index is 2.25. The summed E-state index contributed by atoms with van der Waals surface area (Å²) in [6.07, 6.45) is 1.76. The first-order valence-corrected chi connectivity index (χ1v) is 6.39. The lowest BCUT2D eigenvalue weighted by Gasteiger charge is -2.12. The van der Waals surface area contributed by atoms with E-state index in [9.17, 15) is 4.79 Å². The van der Waals surface area contributed by atoms with Crippen molar-refractivity contribution in [2.45, 2.75) is 19.9 Å². The Morgan fingerprint density at radius 3 is 2.74 bits per heavy atom. The molecule has 1 amide bonds. The Hall–Kier alpha value is -1.94. The zero-order valence-corrected chi connectivity index (χ0v) is 11.6. The van der Waals surface area contributed by atoms with Crippen molar-refractivity contribution in [3.63, 3.8) is 0 Å². The van der Waals surface area contributed by atoms with Crippen molar-refractivity contribution < 1.29 is 4.79 Å². The minimum atomic E-state index is -0.201. The quantitative estimate of drug-likeness (QED) is 0.901. The highest BCUT2D eigenvalue weighted by atomic mass is 35.5. The topological polar surface area (TPSA) is 60.0 Å². The average molecular weight is 278 g/mol. The first-order chi connectivity index (χ1) is 8.97. The van der Waals surface area contributed by atoms with Gasteiger partial charge in [0.05, 0.1) is 5.69 Å². The summed E-state index contributed by atoms with van der Waals surface area (Å²) in [5.41, 5.74) is 7.52. The molecular weight excluding hydrogens is 262 g/mol. The van der Waals surface area contributed by atoms with E-state index in [1.165, 1.54) is 0 Å². The molecule has 2 aromatic rings. The number of nitrogens with one attached hydrogen (secondary N) is 1. The third-order valence-electron chi connectivity index (χ3n) is 2.74. The predicted octanol–water partition coefficient (Wildman–Crippen LogP) is 3.56. The SMILES string of the molecule is CC(C)n1cc(N)cc1C(=O)Nc1cccc(Cl)c1. The number of nitrogens with two attached hydrogens (primary N) is 1. The second kappa shape index (κ2) is 5.36. The Morgan fingerprint density at radius 1 is 1.37 bits per heavy atom. The van der Waals surface area contributed by atoms with Gasteiger partial charge in [-0.05, 0) is 38.1 Å². The number of nitrogens with zero attached hydrogens (tertiary/aromatic N) is 1. The van der Waals surface area contributed by atoms with Gasteiger partial charge in [0, 0.05) is 22.9 Å². The number of nitrogen functional groups attached to an aromatic ring is 1. The predicted molar refractivity (Wildman–Crippen MR) is 78.6 cm³/mol. The normalized spacial score (nSPS) is 10.7. The summed E-state index contributed by atoms with van der Waals surface area (Å²) in [5.74, 6) is -0.201. The first kappa shape index (κ1) is 13.5. The fourth-order valence-electron chi connectivity index (χ4n) is 1.87. The molecule has 19 heavy (non-hydrogen) atoms. The second-order valence-corrected chi connectivity index (χ2v) is 5.06. The molecule has 0 aliphatic heterocycles. The van der Waals surface area contributed by atoms with Gasteiger partial charge in [0.15, 0.2) is 0 Å². The van der Waals surface area contributed by atoms with E-state index in [-0.39, 0.29) is 11.9 Å². The van der Waals surface area contributed by atoms with Gasteiger partial charge in [-0.3, -0.25) is 4.79 Å². The van der Waals surface area contributed by atoms with Crippen LogP contribution in [0.15, 0.2) is 36.5 Å². The van der Waals surface area contributed by atoms with Crippen LogP contribution in [0.25, 0.3) is 0 Å². The number of carbonyl (C=O) groups is 1. The van der Waals surface area contributed by atoms with Gasteiger partial charge in [0.25, 0.3) is 5.91 Å². The average Bonchev–Trinajstić information content (AvgIpc) is 2.71. The Labute approximate surface area is 117 Å². The van der Waals surface area contributed by atoms with Crippen LogP contribution >= 0.6 is 11.6 Å². The van der Waals surface area contributed by atoms with Crippen LogP contribution in [0, 0.1) is 0 Å². The van der Waals surface area contributed by atoms with Gasteiger partial charge >= 0.3 is 0 Å². The third-order valence-corrected chi connectivity index (χ3v) is 2.98. The molecule has 1 aromatic carbocycles. The lowest BCUT2D eigenvalue weighted by molar-refractivity contribution is 0.101. The third kappa shape index (κ3) is 3.09. The van der Waals surface area contributed by atoms with Crippen LogP contribution in [0.2, 0.25) is 5.02 Å². The molecule has 2 rings (SSSR count). The van der Waals surface area contributed by atoms with E-state index in [1.54, 1.807) is 36.5 Å². The summed E-state index contributed by atoms with van der Waals surface area (Å²) in [6.45, 7) is 3.99. The van der Waals surface area contributed by atoms with Crippen LogP contribution in [0.5, 0.6) is 0 Å². The van der Waals surface area contributed by atoms with Crippen molar-refractivity contribution >= 4 is 28.9 Å². The van der Waals surface area contributed by atoms with Crippen molar-refractivity contribution in [2.75, 3.05) is 11.1 Å². The molecule has 0 fully saturated rings. The van der Waals surface area contributed by atoms with Gasteiger partial charge < -0.3 is 15.6 Å². The Kier molecular flexibility index (Phi) is 3.81. The van der Waals surface area contributed by atoms with Crippen LogP contribution in [0.1, 0.15) is 30.4 Å². The lowest BCUT2D eigenvalue weighted by atomic mass is 10.3. The largest absolute Gasteiger partial charge is 0.397 e. The van der Waals surface area contributed by atoms with E-state index in [2.05, 4.69) is 5.32 Å².